The highest BCUT2D eigenvalue weighted by Gasteiger charge is 2.35. The molecule has 5 nitrogen and oxygen atoms in total. The van der Waals surface area contributed by atoms with Crippen molar-refractivity contribution in [3.05, 3.63) is 12.1 Å². The van der Waals surface area contributed by atoms with Crippen LogP contribution in [0.2, 0.25) is 0 Å². The minimum atomic E-state index is -2.57. The van der Waals surface area contributed by atoms with Gasteiger partial charge in [0.15, 0.2) is 5.75 Å². The molecule has 3 rings (SSSR count). The van der Waals surface area contributed by atoms with Gasteiger partial charge in [-0.25, -0.2) is 8.78 Å². The van der Waals surface area contributed by atoms with Crippen LogP contribution in [0.3, 0.4) is 0 Å². The van der Waals surface area contributed by atoms with Crippen LogP contribution < -0.4 is 14.8 Å². The lowest BCUT2D eigenvalue weighted by atomic mass is 9.84. The second-order valence-electron chi connectivity index (χ2n) is 5.75. The Balaban J connectivity index is 1.54. The molecule has 2 aliphatic rings. The zero-order chi connectivity index (χ0) is 15.6. The molecule has 1 aliphatic carbocycles. The van der Waals surface area contributed by atoms with Crippen molar-refractivity contribution in [2.45, 2.75) is 38.0 Å². The monoisotopic (exact) mass is 312 g/mol. The van der Waals surface area contributed by atoms with Crippen LogP contribution in [-0.2, 0) is 4.79 Å². The smallest absolute Gasteiger partial charge is 0.259 e. The summed E-state index contributed by atoms with van der Waals surface area (Å²) in [5.74, 6) is -1.46. The molecule has 22 heavy (non-hydrogen) atoms. The molecule has 1 fully saturated rings. The Kier molecular flexibility index (Phi) is 4.13. The van der Waals surface area contributed by atoms with Crippen molar-refractivity contribution in [2.75, 3.05) is 18.5 Å². The van der Waals surface area contributed by atoms with Crippen molar-refractivity contribution in [3.8, 4) is 11.6 Å². The highest BCUT2D eigenvalue weighted by molar-refractivity contribution is 5.90. The fourth-order valence-electron chi connectivity index (χ4n) is 2.76. The van der Waals surface area contributed by atoms with Gasteiger partial charge in [0.25, 0.3) is 5.88 Å². The number of hydrogen-bond acceptors (Lipinski definition) is 4. The lowest BCUT2D eigenvalue weighted by molar-refractivity contribution is -0.118. The normalized spacial score (nSPS) is 20.5. The van der Waals surface area contributed by atoms with Crippen molar-refractivity contribution in [2.24, 2.45) is 5.92 Å². The van der Waals surface area contributed by atoms with E-state index in [0.717, 1.165) is 0 Å². The van der Waals surface area contributed by atoms with Gasteiger partial charge in [0.2, 0.25) is 11.8 Å². The standard InChI is InChI=1S/C15H18F2N2O3/c16-15(17)5-3-10(4-6-15)9-13(20)18-12-2-1-11-14(19-12)22-8-7-21-11/h1-2,10H,3-9H2,(H,18,19,20). The van der Waals surface area contributed by atoms with E-state index in [1.165, 1.54) is 0 Å². The van der Waals surface area contributed by atoms with E-state index in [0.29, 0.717) is 43.5 Å². The number of anilines is 1. The fraction of sp³-hybridized carbons (Fsp3) is 0.600. The minimum Gasteiger partial charge on any atom is -0.484 e. The molecule has 1 saturated carbocycles. The summed E-state index contributed by atoms with van der Waals surface area (Å²) < 4.78 is 36.9. The molecule has 1 amide bonds. The quantitative estimate of drug-likeness (QED) is 0.932. The van der Waals surface area contributed by atoms with Gasteiger partial charge < -0.3 is 14.8 Å². The Morgan fingerprint density at radius 2 is 2.00 bits per heavy atom. The lowest BCUT2D eigenvalue weighted by Gasteiger charge is -2.27. The number of alkyl halides is 2. The van der Waals surface area contributed by atoms with E-state index in [9.17, 15) is 13.6 Å². The number of rotatable bonds is 3. The van der Waals surface area contributed by atoms with Crippen LogP contribution in [0.15, 0.2) is 12.1 Å². The summed E-state index contributed by atoms with van der Waals surface area (Å²) in [6.07, 6.45) is 0.747. The Labute approximate surface area is 127 Å². The highest BCUT2D eigenvalue weighted by Crippen LogP contribution is 2.37. The molecule has 1 aliphatic heterocycles. The summed E-state index contributed by atoms with van der Waals surface area (Å²) in [6.45, 7) is 0.903. The number of carbonyl (C=O) groups is 1. The van der Waals surface area contributed by atoms with Crippen LogP contribution in [0.25, 0.3) is 0 Å². The zero-order valence-corrected chi connectivity index (χ0v) is 12.1. The van der Waals surface area contributed by atoms with Gasteiger partial charge in [0.1, 0.15) is 19.0 Å². The first-order chi connectivity index (χ1) is 10.5. The Morgan fingerprint density at radius 3 is 2.77 bits per heavy atom. The van der Waals surface area contributed by atoms with Crippen LogP contribution in [0.4, 0.5) is 14.6 Å². The van der Waals surface area contributed by atoms with E-state index >= 15 is 0 Å². The number of amides is 1. The first-order valence-electron chi connectivity index (χ1n) is 7.46. The number of halogens is 2. The Hall–Kier alpha value is -1.92. The Morgan fingerprint density at radius 1 is 1.27 bits per heavy atom. The summed E-state index contributed by atoms with van der Waals surface area (Å²) in [5, 5.41) is 2.69. The third-order valence-electron chi connectivity index (χ3n) is 3.98. The molecule has 1 aromatic rings. The van der Waals surface area contributed by atoms with E-state index in [2.05, 4.69) is 10.3 Å². The molecule has 0 aromatic carbocycles. The first-order valence-corrected chi connectivity index (χ1v) is 7.46. The van der Waals surface area contributed by atoms with Crippen molar-refractivity contribution in [1.29, 1.82) is 0 Å². The molecule has 1 aromatic heterocycles. The largest absolute Gasteiger partial charge is 0.484 e. The van der Waals surface area contributed by atoms with Crippen LogP contribution in [0.1, 0.15) is 32.1 Å². The van der Waals surface area contributed by atoms with Crippen LogP contribution in [0, 0.1) is 5.92 Å². The molecule has 1 N–H and O–H groups in total. The number of pyridine rings is 1. The average molecular weight is 312 g/mol. The number of ether oxygens (including phenoxy) is 2. The number of nitrogens with one attached hydrogen (secondary N) is 1. The highest BCUT2D eigenvalue weighted by atomic mass is 19.3. The van der Waals surface area contributed by atoms with Gasteiger partial charge in [-0.15, -0.1) is 0 Å². The van der Waals surface area contributed by atoms with Crippen molar-refractivity contribution >= 4 is 11.7 Å². The lowest BCUT2D eigenvalue weighted by Crippen LogP contribution is -2.27. The van der Waals surface area contributed by atoms with Crippen molar-refractivity contribution < 1.29 is 23.0 Å². The van der Waals surface area contributed by atoms with E-state index in [1.807, 2.05) is 0 Å². The third-order valence-corrected chi connectivity index (χ3v) is 3.98. The van der Waals surface area contributed by atoms with Gasteiger partial charge in [-0.05, 0) is 30.9 Å². The van der Waals surface area contributed by atoms with Crippen LogP contribution in [0.5, 0.6) is 11.6 Å². The molecule has 0 atom stereocenters. The number of aromatic nitrogens is 1. The van der Waals surface area contributed by atoms with Gasteiger partial charge >= 0.3 is 0 Å². The maximum Gasteiger partial charge on any atom is 0.259 e. The van der Waals surface area contributed by atoms with Crippen molar-refractivity contribution in [3.63, 3.8) is 0 Å². The molecule has 0 unspecified atom stereocenters. The first kappa shape index (κ1) is 15.0. The maximum absolute atomic E-state index is 13.1. The van der Waals surface area contributed by atoms with Crippen LogP contribution >= 0.6 is 0 Å². The molecule has 0 radical (unpaired) electrons. The topological polar surface area (TPSA) is 60.5 Å². The number of nitrogens with zero attached hydrogens (tertiary/aromatic N) is 1. The second-order valence-corrected chi connectivity index (χ2v) is 5.75. The number of carbonyl (C=O) groups excluding carboxylic acids is 1. The zero-order valence-electron chi connectivity index (χ0n) is 12.1. The Bertz CT molecular complexity index is 556. The summed E-state index contributed by atoms with van der Waals surface area (Å²) >= 11 is 0. The summed E-state index contributed by atoms with van der Waals surface area (Å²) in [7, 11) is 0. The van der Waals surface area contributed by atoms with E-state index in [1.54, 1.807) is 12.1 Å². The maximum atomic E-state index is 13.1. The fourth-order valence-corrected chi connectivity index (χ4v) is 2.76. The number of fused-ring (bicyclic) bond motifs is 1. The molecule has 0 bridgehead atoms. The van der Waals surface area contributed by atoms with Crippen molar-refractivity contribution in [1.82, 2.24) is 4.98 Å². The molecule has 120 valence electrons. The summed E-state index contributed by atoms with van der Waals surface area (Å²) in [4.78, 5) is 16.2. The SMILES string of the molecule is O=C(CC1CCC(F)(F)CC1)Nc1ccc2c(n1)OCCO2. The third kappa shape index (κ3) is 3.64. The molecular formula is C15H18F2N2O3. The van der Waals surface area contributed by atoms with Gasteiger partial charge in [-0.2, -0.15) is 4.98 Å². The second kappa shape index (κ2) is 6.06. The molecule has 0 spiro atoms. The summed E-state index contributed by atoms with van der Waals surface area (Å²) in [5.41, 5.74) is 0. The molecule has 0 saturated heterocycles. The average Bonchev–Trinajstić information content (AvgIpc) is 2.49. The van der Waals surface area contributed by atoms with Gasteiger partial charge in [0, 0.05) is 19.3 Å². The summed E-state index contributed by atoms with van der Waals surface area (Å²) in [6, 6.07) is 3.33. The minimum absolute atomic E-state index is 0.0110. The van der Waals surface area contributed by atoms with Gasteiger partial charge in [-0.1, -0.05) is 0 Å². The van der Waals surface area contributed by atoms with E-state index < -0.39 is 5.92 Å². The van der Waals surface area contributed by atoms with Crippen LogP contribution in [-0.4, -0.2) is 30.0 Å². The molecule has 2 heterocycles. The molecule has 7 heteroatoms. The predicted molar refractivity (Wildman–Crippen MR) is 75.4 cm³/mol. The van der Waals surface area contributed by atoms with E-state index in [4.69, 9.17) is 9.47 Å². The van der Waals surface area contributed by atoms with Gasteiger partial charge in [0.05, 0.1) is 0 Å². The molecular weight excluding hydrogens is 294 g/mol. The predicted octanol–water partition coefficient (Wildman–Crippen LogP) is 3.01. The van der Waals surface area contributed by atoms with Gasteiger partial charge in [-0.3, -0.25) is 4.79 Å². The van der Waals surface area contributed by atoms with E-state index in [-0.39, 0.29) is 31.1 Å². The number of hydrogen-bond donors (Lipinski definition) is 1.